The van der Waals surface area contributed by atoms with Crippen molar-refractivity contribution in [3.8, 4) is 0 Å². The molecule has 0 aromatic heterocycles. The van der Waals surface area contributed by atoms with E-state index in [9.17, 15) is 4.79 Å². The van der Waals surface area contributed by atoms with Gasteiger partial charge in [-0.1, -0.05) is 0 Å². The van der Waals surface area contributed by atoms with Crippen LogP contribution in [0, 0.1) is 0 Å². The summed E-state index contributed by atoms with van der Waals surface area (Å²) in [5.41, 5.74) is 0. The molecule has 4 heteroatoms. The molecule has 0 rings (SSSR count). The van der Waals surface area contributed by atoms with Gasteiger partial charge in [0, 0.05) is 7.11 Å². The fourth-order valence-electron chi connectivity index (χ4n) is 0.481. The first kappa shape index (κ1) is 9.23. The van der Waals surface area contributed by atoms with Crippen molar-refractivity contribution in [2.24, 2.45) is 0 Å². The van der Waals surface area contributed by atoms with E-state index in [0.29, 0.717) is 6.61 Å². The van der Waals surface area contributed by atoms with Gasteiger partial charge in [-0.25, -0.2) is 4.79 Å². The summed E-state index contributed by atoms with van der Waals surface area (Å²) in [5.74, 6) is 0. The van der Waals surface area contributed by atoms with Crippen LogP contribution in [0.1, 0.15) is 6.92 Å². The highest BCUT2D eigenvalue weighted by molar-refractivity contribution is 5.59. The first-order valence-corrected chi connectivity index (χ1v) is 2.94. The Morgan fingerprint density at radius 1 is 1.50 bits per heavy atom. The van der Waals surface area contributed by atoms with Gasteiger partial charge in [-0.05, 0) is 6.92 Å². The molecule has 0 aliphatic rings. The van der Waals surface area contributed by atoms with Crippen molar-refractivity contribution in [3.63, 3.8) is 0 Å². The maximum absolute atomic E-state index is 10.4. The maximum atomic E-state index is 10.4. The first-order valence-electron chi connectivity index (χ1n) is 2.94. The second-order valence-electron chi connectivity index (χ2n) is 1.84. The lowest BCUT2D eigenvalue weighted by atomic mass is 10.4. The van der Waals surface area contributed by atoms with E-state index < -0.39 is 6.16 Å². The molecule has 1 unspecified atom stereocenters. The average molecular weight is 148 g/mol. The van der Waals surface area contributed by atoms with Crippen molar-refractivity contribution in [3.05, 3.63) is 0 Å². The van der Waals surface area contributed by atoms with Crippen molar-refractivity contribution in [1.82, 2.24) is 0 Å². The highest BCUT2D eigenvalue weighted by Gasteiger charge is 2.07. The van der Waals surface area contributed by atoms with Crippen LogP contribution < -0.4 is 0 Å². The Morgan fingerprint density at radius 3 is 2.50 bits per heavy atom. The fraction of sp³-hybridized carbons (Fsp3) is 0.833. The van der Waals surface area contributed by atoms with Crippen LogP contribution in [-0.4, -0.2) is 33.1 Å². The lowest BCUT2D eigenvalue weighted by molar-refractivity contribution is 0.0106. The summed E-state index contributed by atoms with van der Waals surface area (Å²) in [7, 11) is 2.80. The molecule has 0 aliphatic heterocycles. The van der Waals surface area contributed by atoms with Crippen LogP contribution in [0.5, 0.6) is 0 Å². The van der Waals surface area contributed by atoms with Gasteiger partial charge in [0.2, 0.25) is 0 Å². The van der Waals surface area contributed by atoms with Crippen LogP contribution in [0.4, 0.5) is 4.79 Å². The van der Waals surface area contributed by atoms with E-state index in [0.717, 1.165) is 0 Å². The van der Waals surface area contributed by atoms with Gasteiger partial charge in [0.15, 0.2) is 0 Å². The summed E-state index contributed by atoms with van der Waals surface area (Å²) >= 11 is 0. The van der Waals surface area contributed by atoms with Crippen LogP contribution in [0.2, 0.25) is 0 Å². The summed E-state index contributed by atoms with van der Waals surface area (Å²) in [5, 5.41) is 0. The third kappa shape index (κ3) is 4.14. The molecule has 0 fully saturated rings. The topological polar surface area (TPSA) is 44.8 Å². The smallest absolute Gasteiger partial charge is 0.438 e. The molecule has 0 aromatic carbocycles. The van der Waals surface area contributed by atoms with Crippen LogP contribution in [0.15, 0.2) is 0 Å². The number of carbonyl (C=O) groups excluding carboxylic acids is 1. The van der Waals surface area contributed by atoms with Crippen LogP contribution in [0.25, 0.3) is 0 Å². The Morgan fingerprint density at radius 2 is 2.10 bits per heavy atom. The van der Waals surface area contributed by atoms with E-state index in [1.54, 1.807) is 6.92 Å². The minimum atomic E-state index is -0.676. The number of carbonyl (C=O) groups is 1. The third-order valence-electron chi connectivity index (χ3n) is 0.865. The molecule has 60 valence electrons. The van der Waals surface area contributed by atoms with Gasteiger partial charge in [0.1, 0.15) is 6.10 Å². The van der Waals surface area contributed by atoms with Crippen molar-refractivity contribution < 1.29 is 19.0 Å². The first-order chi connectivity index (χ1) is 4.70. The normalized spacial score (nSPS) is 12.3. The van der Waals surface area contributed by atoms with Crippen LogP contribution in [0.3, 0.4) is 0 Å². The van der Waals surface area contributed by atoms with Crippen molar-refractivity contribution in [2.75, 3.05) is 20.8 Å². The molecular weight excluding hydrogens is 136 g/mol. The molecule has 0 bridgehead atoms. The van der Waals surface area contributed by atoms with Gasteiger partial charge in [-0.15, -0.1) is 0 Å². The van der Waals surface area contributed by atoms with Gasteiger partial charge < -0.3 is 14.2 Å². The Hall–Kier alpha value is -0.770. The van der Waals surface area contributed by atoms with Crippen molar-refractivity contribution in [1.29, 1.82) is 0 Å². The minimum absolute atomic E-state index is 0.252. The molecule has 1 atom stereocenters. The maximum Gasteiger partial charge on any atom is 0.508 e. The Labute approximate surface area is 60.1 Å². The quantitative estimate of drug-likeness (QED) is 0.555. The second-order valence-corrected chi connectivity index (χ2v) is 1.84. The van der Waals surface area contributed by atoms with Gasteiger partial charge in [-0.2, -0.15) is 0 Å². The van der Waals surface area contributed by atoms with E-state index >= 15 is 0 Å². The van der Waals surface area contributed by atoms with Gasteiger partial charge >= 0.3 is 6.16 Å². The molecular formula is C6H12O4. The van der Waals surface area contributed by atoms with E-state index in [-0.39, 0.29) is 6.10 Å². The van der Waals surface area contributed by atoms with E-state index in [4.69, 9.17) is 4.74 Å². The van der Waals surface area contributed by atoms with Gasteiger partial charge in [0.05, 0.1) is 13.7 Å². The Bertz CT molecular complexity index is 102. The molecule has 0 heterocycles. The number of ether oxygens (including phenoxy) is 3. The van der Waals surface area contributed by atoms with Crippen molar-refractivity contribution in [2.45, 2.75) is 13.0 Å². The summed E-state index contributed by atoms with van der Waals surface area (Å²) in [4.78, 5) is 10.4. The van der Waals surface area contributed by atoms with E-state index in [1.807, 2.05) is 0 Å². The van der Waals surface area contributed by atoms with E-state index in [1.165, 1.54) is 14.2 Å². The van der Waals surface area contributed by atoms with Gasteiger partial charge in [0.25, 0.3) is 0 Å². The predicted octanol–water partition coefficient (Wildman–Crippen LogP) is 0.804. The lowest BCUT2D eigenvalue weighted by Gasteiger charge is -2.09. The molecule has 10 heavy (non-hydrogen) atoms. The molecule has 0 aliphatic carbocycles. The molecule has 0 amide bonds. The largest absolute Gasteiger partial charge is 0.508 e. The number of methoxy groups -OCH3 is 2. The SMILES string of the molecule is COCC(C)OC(=O)OC. The Balaban J connectivity index is 3.37. The molecule has 4 nitrogen and oxygen atoms in total. The highest BCUT2D eigenvalue weighted by Crippen LogP contribution is 1.92. The number of hydrogen-bond donors (Lipinski definition) is 0. The average Bonchev–Trinajstić information content (AvgIpc) is 1.88. The monoisotopic (exact) mass is 148 g/mol. The summed E-state index contributed by atoms with van der Waals surface area (Å²) < 4.78 is 13.6. The summed E-state index contributed by atoms with van der Waals surface area (Å²) in [6.07, 6.45) is -0.929. The van der Waals surface area contributed by atoms with Crippen LogP contribution >= 0.6 is 0 Å². The standard InChI is InChI=1S/C6H12O4/c1-5(4-8-2)10-6(7)9-3/h5H,4H2,1-3H3. The molecule has 0 saturated carbocycles. The van der Waals surface area contributed by atoms with Crippen molar-refractivity contribution >= 4 is 6.16 Å². The Kier molecular flexibility index (Phi) is 4.66. The molecule has 0 spiro atoms. The van der Waals surface area contributed by atoms with E-state index in [2.05, 4.69) is 9.47 Å². The third-order valence-corrected chi connectivity index (χ3v) is 0.865. The van der Waals surface area contributed by atoms with Gasteiger partial charge in [-0.3, -0.25) is 0 Å². The molecule has 0 aromatic rings. The molecule has 0 radical (unpaired) electrons. The lowest BCUT2D eigenvalue weighted by Crippen LogP contribution is -2.19. The zero-order chi connectivity index (χ0) is 7.98. The second kappa shape index (κ2) is 5.05. The zero-order valence-corrected chi connectivity index (χ0v) is 6.42. The fourth-order valence-corrected chi connectivity index (χ4v) is 0.481. The summed E-state index contributed by atoms with van der Waals surface area (Å²) in [6.45, 7) is 2.11. The molecule has 0 saturated heterocycles. The number of rotatable bonds is 3. The molecule has 0 N–H and O–H groups in total. The predicted molar refractivity (Wildman–Crippen MR) is 34.8 cm³/mol. The number of hydrogen-bond acceptors (Lipinski definition) is 4. The summed E-state index contributed by atoms with van der Waals surface area (Å²) in [6, 6.07) is 0. The van der Waals surface area contributed by atoms with Crippen LogP contribution in [-0.2, 0) is 14.2 Å². The highest BCUT2D eigenvalue weighted by atomic mass is 16.7. The minimum Gasteiger partial charge on any atom is -0.438 e. The zero-order valence-electron chi connectivity index (χ0n) is 6.42.